The van der Waals surface area contributed by atoms with Crippen LogP contribution in [0, 0.1) is 11.8 Å². The molecular formula is C23H31N5O3. The molecule has 5 rings (SSSR count). The zero-order chi connectivity index (χ0) is 21.4. The second-order valence-electron chi connectivity index (χ2n) is 9.32. The van der Waals surface area contributed by atoms with Gasteiger partial charge in [-0.3, -0.25) is 14.3 Å². The van der Waals surface area contributed by atoms with Gasteiger partial charge in [-0.05, 0) is 37.3 Å². The van der Waals surface area contributed by atoms with E-state index in [1.54, 1.807) is 23.6 Å². The molecule has 3 aliphatic heterocycles. The van der Waals surface area contributed by atoms with Crippen molar-refractivity contribution in [2.75, 3.05) is 26.7 Å². The summed E-state index contributed by atoms with van der Waals surface area (Å²) < 4.78 is 7.12. The van der Waals surface area contributed by atoms with E-state index in [4.69, 9.17) is 4.42 Å². The number of carbonyl (C=O) groups is 2. The van der Waals surface area contributed by atoms with Gasteiger partial charge >= 0.3 is 0 Å². The molecule has 3 saturated heterocycles. The summed E-state index contributed by atoms with van der Waals surface area (Å²) in [4.78, 5) is 32.9. The van der Waals surface area contributed by atoms with E-state index in [2.05, 4.69) is 10.00 Å². The summed E-state index contributed by atoms with van der Waals surface area (Å²) in [6.45, 7) is 4.11. The number of nitrogens with zero attached hydrogens (tertiary/aromatic N) is 5. The third-order valence-electron chi connectivity index (χ3n) is 7.25. The molecule has 31 heavy (non-hydrogen) atoms. The van der Waals surface area contributed by atoms with Gasteiger partial charge in [-0.25, -0.2) is 0 Å². The lowest BCUT2D eigenvalue weighted by Crippen LogP contribution is -2.68. The number of fused-ring (bicyclic) bond motifs is 4. The van der Waals surface area contributed by atoms with Crippen LogP contribution in [0.15, 0.2) is 41.5 Å². The number of aromatic nitrogens is 2. The van der Waals surface area contributed by atoms with Crippen molar-refractivity contribution < 1.29 is 14.0 Å². The van der Waals surface area contributed by atoms with Crippen LogP contribution in [0.1, 0.15) is 31.2 Å². The minimum absolute atomic E-state index is 0.0545. The molecule has 0 radical (unpaired) electrons. The monoisotopic (exact) mass is 425 g/mol. The normalized spacial score (nSPS) is 28.4. The highest BCUT2D eigenvalue weighted by Gasteiger charge is 2.52. The molecule has 4 atom stereocenters. The van der Waals surface area contributed by atoms with Crippen LogP contribution < -0.4 is 0 Å². The van der Waals surface area contributed by atoms with Crippen molar-refractivity contribution in [3.05, 3.63) is 42.6 Å². The van der Waals surface area contributed by atoms with Gasteiger partial charge in [-0.2, -0.15) is 5.10 Å². The fraction of sp³-hybridized carbons (Fsp3) is 0.609. The lowest BCUT2D eigenvalue weighted by molar-refractivity contribution is -0.165. The van der Waals surface area contributed by atoms with Crippen molar-refractivity contribution in [1.29, 1.82) is 0 Å². The molecule has 2 aromatic heterocycles. The van der Waals surface area contributed by atoms with E-state index >= 15 is 0 Å². The van der Waals surface area contributed by atoms with Crippen LogP contribution in [-0.2, 0) is 22.7 Å². The standard InChI is InChI=1S/C23H31N5O3/c1-25(13-17-6-11-31-16-17)23(30)22-19-12-18(20-4-2-5-21(29)28(20)22)14-26(15-19)9-10-27-8-3-7-24-27/h3,6-8,11,16,18-20,22H,2,4-5,9-10,12-15H2,1H3/t18-,19+,20-,22+/m0/s1. The van der Waals surface area contributed by atoms with Gasteiger partial charge in [0.15, 0.2) is 0 Å². The third-order valence-corrected chi connectivity index (χ3v) is 7.25. The van der Waals surface area contributed by atoms with Crippen LogP contribution in [0.25, 0.3) is 0 Å². The van der Waals surface area contributed by atoms with Crippen molar-refractivity contribution in [2.24, 2.45) is 11.8 Å². The summed E-state index contributed by atoms with van der Waals surface area (Å²) in [5.74, 6) is 0.836. The molecule has 2 aromatic rings. The number of rotatable bonds is 6. The maximum absolute atomic E-state index is 13.6. The van der Waals surface area contributed by atoms with Gasteiger partial charge in [-0.15, -0.1) is 0 Å². The minimum atomic E-state index is -0.363. The Labute approximate surface area is 182 Å². The van der Waals surface area contributed by atoms with Gasteiger partial charge in [-0.1, -0.05) is 0 Å². The molecule has 3 aliphatic rings. The Hall–Kier alpha value is -2.61. The van der Waals surface area contributed by atoms with E-state index in [1.165, 1.54) is 0 Å². The largest absolute Gasteiger partial charge is 0.472 e. The number of amides is 2. The summed E-state index contributed by atoms with van der Waals surface area (Å²) in [5, 5.41) is 4.32. The first-order valence-electron chi connectivity index (χ1n) is 11.4. The smallest absolute Gasteiger partial charge is 0.245 e. The van der Waals surface area contributed by atoms with Gasteiger partial charge in [0.1, 0.15) is 6.04 Å². The molecule has 5 heterocycles. The number of piperidine rings is 3. The molecule has 2 amide bonds. The van der Waals surface area contributed by atoms with E-state index in [1.807, 2.05) is 35.0 Å². The van der Waals surface area contributed by atoms with Gasteiger partial charge in [0.25, 0.3) is 0 Å². The van der Waals surface area contributed by atoms with Crippen LogP contribution in [0.2, 0.25) is 0 Å². The summed E-state index contributed by atoms with van der Waals surface area (Å²) in [6.07, 6.45) is 10.6. The van der Waals surface area contributed by atoms with Crippen molar-refractivity contribution in [3.8, 4) is 0 Å². The van der Waals surface area contributed by atoms with Gasteiger partial charge in [0, 0.05) is 69.6 Å². The van der Waals surface area contributed by atoms with Crippen molar-refractivity contribution in [3.63, 3.8) is 0 Å². The molecule has 2 bridgehead atoms. The predicted molar refractivity (Wildman–Crippen MR) is 114 cm³/mol. The topological polar surface area (TPSA) is 74.8 Å². The SMILES string of the molecule is CN(Cc1ccoc1)C(=O)[C@H]1[C@@H]2C[C@@H](CN(CCn3cccn3)C2)[C@@H]2CCCC(=O)N21. The molecule has 0 aromatic carbocycles. The van der Waals surface area contributed by atoms with E-state index in [-0.39, 0.29) is 29.8 Å². The van der Waals surface area contributed by atoms with E-state index in [0.29, 0.717) is 18.9 Å². The van der Waals surface area contributed by atoms with E-state index in [0.717, 1.165) is 51.0 Å². The summed E-state index contributed by atoms with van der Waals surface area (Å²) in [7, 11) is 1.84. The predicted octanol–water partition coefficient (Wildman–Crippen LogP) is 1.84. The Kier molecular flexibility index (Phi) is 5.56. The lowest BCUT2D eigenvalue weighted by Gasteiger charge is -2.56. The highest BCUT2D eigenvalue weighted by molar-refractivity contribution is 5.89. The Morgan fingerprint density at radius 1 is 1.29 bits per heavy atom. The lowest BCUT2D eigenvalue weighted by atomic mass is 9.71. The molecule has 8 nitrogen and oxygen atoms in total. The van der Waals surface area contributed by atoms with Gasteiger partial charge < -0.3 is 19.1 Å². The summed E-state index contributed by atoms with van der Waals surface area (Å²) in [5.41, 5.74) is 0.968. The van der Waals surface area contributed by atoms with Crippen LogP contribution in [0.3, 0.4) is 0 Å². The van der Waals surface area contributed by atoms with Crippen molar-refractivity contribution in [1.82, 2.24) is 24.5 Å². The molecule has 8 heteroatoms. The first-order valence-corrected chi connectivity index (χ1v) is 11.4. The van der Waals surface area contributed by atoms with Crippen LogP contribution in [-0.4, -0.2) is 75.1 Å². The summed E-state index contributed by atoms with van der Waals surface area (Å²) >= 11 is 0. The number of likely N-dealkylation sites (tertiary alicyclic amines) is 1. The Morgan fingerprint density at radius 2 is 2.16 bits per heavy atom. The molecular weight excluding hydrogens is 394 g/mol. The Bertz CT molecular complexity index is 896. The minimum Gasteiger partial charge on any atom is -0.472 e. The molecule has 3 fully saturated rings. The Morgan fingerprint density at radius 3 is 2.94 bits per heavy atom. The zero-order valence-corrected chi connectivity index (χ0v) is 18.1. The van der Waals surface area contributed by atoms with Gasteiger partial charge in [0.05, 0.1) is 19.1 Å². The molecule has 0 spiro atoms. The average molecular weight is 426 g/mol. The number of furan rings is 1. The van der Waals surface area contributed by atoms with Crippen molar-refractivity contribution in [2.45, 2.75) is 50.9 Å². The Balaban J connectivity index is 1.35. The first kappa shape index (κ1) is 20.3. The zero-order valence-electron chi connectivity index (χ0n) is 18.1. The molecule has 0 aliphatic carbocycles. The van der Waals surface area contributed by atoms with Crippen LogP contribution in [0.5, 0.6) is 0 Å². The van der Waals surface area contributed by atoms with Crippen molar-refractivity contribution >= 4 is 11.8 Å². The van der Waals surface area contributed by atoms with E-state index in [9.17, 15) is 9.59 Å². The third kappa shape index (κ3) is 4.01. The summed E-state index contributed by atoms with van der Waals surface area (Å²) in [6, 6.07) is 3.65. The quantitative estimate of drug-likeness (QED) is 0.706. The highest BCUT2D eigenvalue weighted by Crippen LogP contribution is 2.42. The molecule has 0 unspecified atom stereocenters. The maximum atomic E-state index is 13.6. The molecule has 0 saturated carbocycles. The van der Waals surface area contributed by atoms with E-state index < -0.39 is 0 Å². The molecule has 166 valence electrons. The highest BCUT2D eigenvalue weighted by atomic mass is 16.3. The molecule has 0 N–H and O–H groups in total. The number of likely N-dealkylation sites (N-methyl/N-ethyl adjacent to an activating group) is 1. The second kappa shape index (κ2) is 8.49. The maximum Gasteiger partial charge on any atom is 0.245 e. The average Bonchev–Trinajstić information content (AvgIpc) is 3.47. The fourth-order valence-corrected chi connectivity index (χ4v) is 5.89. The van der Waals surface area contributed by atoms with Crippen LogP contribution in [0.4, 0.5) is 0 Å². The fourth-order valence-electron chi connectivity index (χ4n) is 5.89. The second-order valence-corrected chi connectivity index (χ2v) is 9.32. The number of hydrogen-bond donors (Lipinski definition) is 0. The number of hydrogen-bond acceptors (Lipinski definition) is 5. The first-order chi connectivity index (χ1) is 15.1. The number of carbonyl (C=O) groups excluding carboxylic acids is 2. The van der Waals surface area contributed by atoms with Gasteiger partial charge in [0.2, 0.25) is 11.8 Å². The van der Waals surface area contributed by atoms with Crippen LogP contribution >= 0.6 is 0 Å².